The Labute approximate surface area is 131 Å². The predicted octanol–water partition coefficient (Wildman–Crippen LogP) is 5.89. The van der Waals surface area contributed by atoms with Crippen LogP contribution in [0, 0.1) is 0 Å². The molecule has 0 saturated heterocycles. The molecule has 0 saturated carbocycles. The van der Waals surface area contributed by atoms with E-state index in [1.807, 2.05) is 39.0 Å². The van der Waals surface area contributed by atoms with Gasteiger partial charge in [-0.2, -0.15) is 13.2 Å². The van der Waals surface area contributed by atoms with Crippen LogP contribution < -0.4 is 0 Å². The van der Waals surface area contributed by atoms with Crippen molar-refractivity contribution in [3.8, 4) is 0 Å². The Hall–Kier alpha value is -1.29. The van der Waals surface area contributed by atoms with Gasteiger partial charge in [-0.15, -0.1) is 0 Å². The molecule has 0 heterocycles. The van der Waals surface area contributed by atoms with E-state index < -0.39 is 11.8 Å². The van der Waals surface area contributed by atoms with E-state index in [-0.39, 0.29) is 5.57 Å². The molecule has 22 heavy (non-hydrogen) atoms. The first kappa shape index (κ1) is 20.7. The van der Waals surface area contributed by atoms with Gasteiger partial charge in [0, 0.05) is 0 Å². The highest BCUT2D eigenvalue weighted by Crippen LogP contribution is 2.37. The van der Waals surface area contributed by atoms with Crippen molar-refractivity contribution in [3.05, 3.63) is 47.1 Å². The van der Waals surface area contributed by atoms with Gasteiger partial charge < -0.3 is 5.11 Å². The number of aliphatic hydroxyl groups is 1. The molecule has 0 aromatic carbocycles. The molecule has 0 fully saturated rings. The minimum atomic E-state index is -4.71. The van der Waals surface area contributed by atoms with E-state index in [0.29, 0.717) is 6.42 Å². The molecule has 1 nitrogen and oxygen atoms in total. The molecule has 1 unspecified atom stereocenters. The van der Waals surface area contributed by atoms with E-state index >= 15 is 0 Å². The van der Waals surface area contributed by atoms with Gasteiger partial charge in [-0.1, -0.05) is 50.6 Å². The molecule has 126 valence electrons. The lowest BCUT2D eigenvalue weighted by Gasteiger charge is -2.28. The quantitative estimate of drug-likeness (QED) is 0.581. The second kappa shape index (κ2) is 8.99. The summed E-state index contributed by atoms with van der Waals surface area (Å²) in [6, 6.07) is 0. The summed E-state index contributed by atoms with van der Waals surface area (Å²) >= 11 is 0. The van der Waals surface area contributed by atoms with Crippen LogP contribution in [0.1, 0.15) is 53.9 Å². The van der Waals surface area contributed by atoms with Crippen molar-refractivity contribution in [2.24, 2.45) is 0 Å². The van der Waals surface area contributed by atoms with Gasteiger partial charge in [0.05, 0.1) is 0 Å². The minimum absolute atomic E-state index is 0.122. The summed E-state index contributed by atoms with van der Waals surface area (Å²) in [7, 11) is 0. The summed E-state index contributed by atoms with van der Waals surface area (Å²) < 4.78 is 39.1. The first-order valence-corrected chi connectivity index (χ1v) is 7.64. The second-order valence-corrected chi connectivity index (χ2v) is 5.30. The van der Waals surface area contributed by atoms with Crippen LogP contribution in [0.2, 0.25) is 0 Å². The Kier molecular flexibility index (Phi) is 8.46. The SMILES string of the molecule is CC=CC=C(CC)C(=CC(=CC)C(C)(O)C(F)(F)F)CCC. The number of halogens is 3. The average Bonchev–Trinajstić information content (AvgIpc) is 2.43. The van der Waals surface area contributed by atoms with E-state index in [0.717, 1.165) is 30.9 Å². The van der Waals surface area contributed by atoms with E-state index in [4.69, 9.17) is 0 Å². The first-order chi connectivity index (χ1) is 10.1. The van der Waals surface area contributed by atoms with Crippen molar-refractivity contribution in [1.29, 1.82) is 0 Å². The maximum atomic E-state index is 13.0. The zero-order valence-electron chi connectivity index (χ0n) is 14.1. The van der Waals surface area contributed by atoms with Gasteiger partial charge in [-0.3, -0.25) is 0 Å². The summed E-state index contributed by atoms with van der Waals surface area (Å²) in [6.07, 6.45) is 5.98. The Morgan fingerprint density at radius 3 is 2.05 bits per heavy atom. The predicted molar refractivity (Wildman–Crippen MR) is 86.6 cm³/mol. The highest BCUT2D eigenvalue weighted by atomic mass is 19.4. The molecule has 0 spiro atoms. The zero-order chi connectivity index (χ0) is 17.4. The van der Waals surface area contributed by atoms with Gasteiger partial charge in [-0.25, -0.2) is 0 Å². The van der Waals surface area contributed by atoms with Gasteiger partial charge in [0.2, 0.25) is 0 Å². The molecule has 0 aliphatic carbocycles. The molecule has 1 N–H and O–H groups in total. The monoisotopic (exact) mass is 316 g/mol. The molecular formula is C18H27F3O. The summed E-state index contributed by atoms with van der Waals surface area (Å²) in [4.78, 5) is 0. The van der Waals surface area contributed by atoms with Crippen LogP contribution in [0.5, 0.6) is 0 Å². The fourth-order valence-electron chi connectivity index (χ4n) is 2.12. The van der Waals surface area contributed by atoms with E-state index in [2.05, 4.69) is 0 Å². The van der Waals surface area contributed by atoms with Gasteiger partial charge in [0.1, 0.15) is 0 Å². The Bertz CT molecular complexity index is 463. The van der Waals surface area contributed by atoms with Crippen LogP contribution in [0.15, 0.2) is 47.1 Å². The van der Waals surface area contributed by atoms with Crippen LogP contribution in [-0.2, 0) is 0 Å². The third kappa shape index (κ3) is 5.48. The van der Waals surface area contributed by atoms with Crippen LogP contribution in [0.4, 0.5) is 13.2 Å². The number of hydrogen-bond donors (Lipinski definition) is 1. The van der Waals surface area contributed by atoms with E-state index in [1.165, 1.54) is 19.1 Å². The van der Waals surface area contributed by atoms with E-state index in [9.17, 15) is 18.3 Å². The molecule has 0 radical (unpaired) electrons. The molecule has 0 bridgehead atoms. The van der Waals surface area contributed by atoms with Crippen molar-refractivity contribution >= 4 is 0 Å². The lowest BCUT2D eigenvalue weighted by molar-refractivity contribution is -0.235. The topological polar surface area (TPSA) is 20.2 Å². The molecule has 0 amide bonds. The summed E-state index contributed by atoms with van der Waals surface area (Å²) in [5.41, 5.74) is -1.15. The fourth-order valence-corrected chi connectivity index (χ4v) is 2.12. The smallest absolute Gasteiger partial charge is 0.376 e. The Morgan fingerprint density at radius 2 is 1.68 bits per heavy atom. The molecule has 1 atom stereocenters. The third-order valence-corrected chi connectivity index (χ3v) is 3.56. The number of hydrogen-bond acceptors (Lipinski definition) is 1. The number of alkyl halides is 3. The largest absolute Gasteiger partial charge is 0.421 e. The van der Waals surface area contributed by atoms with Crippen molar-refractivity contribution in [3.63, 3.8) is 0 Å². The third-order valence-electron chi connectivity index (χ3n) is 3.56. The van der Waals surface area contributed by atoms with Crippen molar-refractivity contribution in [1.82, 2.24) is 0 Å². The second-order valence-electron chi connectivity index (χ2n) is 5.30. The first-order valence-electron chi connectivity index (χ1n) is 7.64. The van der Waals surface area contributed by atoms with Crippen LogP contribution in [0.3, 0.4) is 0 Å². The van der Waals surface area contributed by atoms with Gasteiger partial charge in [0.15, 0.2) is 5.60 Å². The lowest BCUT2D eigenvalue weighted by atomic mass is 9.89. The average molecular weight is 316 g/mol. The van der Waals surface area contributed by atoms with Gasteiger partial charge >= 0.3 is 6.18 Å². The van der Waals surface area contributed by atoms with Crippen molar-refractivity contribution in [2.75, 3.05) is 0 Å². The van der Waals surface area contributed by atoms with E-state index in [1.54, 1.807) is 0 Å². The molecule has 4 heteroatoms. The maximum Gasteiger partial charge on any atom is 0.421 e. The highest BCUT2D eigenvalue weighted by molar-refractivity contribution is 5.42. The molecule has 0 aromatic heterocycles. The summed E-state index contributed by atoms with van der Waals surface area (Å²) in [5.74, 6) is 0. The summed E-state index contributed by atoms with van der Waals surface area (Å²) in [6.45, 7) is 8.14. The van der Waals surface area contributed by atoms with Crippen LogP contribution >= 0.6 is 0 Å². The Morgan fingerprint density at radius 1 is 1.09 bits per heavy atom. The zero-order valence-corrected chi connectivity index (χ0v) is 14.1. The summed E-state index contributed by atoms with van der Waals surface area (Å²) in [5, 5.41) is 9.89. The molecule has 0 aliphatic rings. The molecule has 0 rings (SSSR count). The van der Waals surface area contributed by atoms with Crippen LogP contribution in [-0.4, -0.2) is 16.9 Å². The maximum absolute atomic E-state index is 13.0. The normalized spacial score (nSPS) is 18.0. The van der Waals surface area contributed by atoms with Gasteiger partial charge in [0.25, 0.3) is 0 Å². The molecule has 0 aromatic rings. The fraction of sp³-hybridized carbons (Fsp3) is 0.556. The Balaban J connectivity index is 5.89. The standard InChI is InChI=1S/C18H27F3O/c1-6-10-12-14(8-3)15(11-7-2)13-16(9-4)17(5,22)18(19,20)21/h6,9-10,12-13,22H,7-8,11H2,1-5H3. The molecular weight excluding hydrogens is 289 g/mol. The lowest BCUT2D eigenvalue weighted by Crippen LogP contribution is -2.43. The minimum Gasteiger partial charge on any atom is -0.376 e. The highest BCUT2D eigenvalue weighted by Gasteiger charge is 2.51. The van der Waals surface area contributed by atoms with Crippen molar-refractivity contribution < 1.29 is 18.3 Å². The van der Waals surface area contributed by atoms with Gasteiger partial charge in [-0.05, 0) is 50.3 Å². The van der Waals surface area contributed by atoms with Crippen LogP contribution in [0.25, 0.3) is 0 Å². The molecule has 0 aliphatic heterocycles. The number of allylic oxidation sites excluding steroid dienone is 6. The van der Waals surface area contributed by atoms with Crippen molar-refractivity contribution in [2.45, 2.75) is 65.7 Å². The number of rotatable bonds is 7.